The number of halogens is 1. The largest absolute Gasteiger partial charge is 1.00 e. The Kier molecular flexibility index (Phi) is 3.59. The van der Waals surface area contributed by atoms with Gasteiger partial charge in [-0.25, -0.2) is 14.7 Å². The van der Waals surface area contributed by atoms with E-state index in [1.807, 2.05) is 30.6 Å². The molecule has 112 valence electrons. The molecular weight excluding hydrogens is 292 g/mol. The minimum atomic E-state index is -0.179. The van der Waals surface area contributed by atoms with E-state index >= 15 is 0 Å². The summed E-state index contributed by atoms with van der Waals surface area (Å²) in [6, 6.07) is 0.234. The van der Waals surface area contributed by atoms with Crippen molar-refractivity contribution in [2.24, 2.45) is 15.9 Å². The summed E-state index contributed by atoms with van der Waals surface area (Å²) < 4.78 is 5.32. The van der Waals surface area contributed by atoms with Crippen molar-refractivity contribution >= 4 is 18.6 Å². The monoisotopic (exact) mass is 308 g/mol. The smallest absolute Gasteiger partial charge is 0.410 e. The fourth-order valence-electron chi connectivity index (χ4n) is 3.48. The van der Waals surface area contributed by atoms with E-state index in [2.05, 4.69) is 9.98 Å². The van der Waals surface area contributed by atoms with Crippen molar-refractivity contribution in [1.29, 1.82) is 0 Å². The topological polar surface area (TPSA) is 58.7 Å². The number of ether oxygens (including phenoxy) is 1. The number of hydrogen-bond acceptors (Lipinski definition) is 4. The number of aliphatic imine (C=N–C) groups is 2. The van der Waals surface area contributed by atoms with Gasteiger partial charge in [-0.1, -0.05) is 0 Å². The summed E-state index contributed by atoms with van der Waals surface area (Å²) in [7, 11) is 0. The molecule has 0 aromatic rings. The number of cyclic esters (lactones) is 1. The Balaban J connectivity index is 0.00000132. The summed E-state index contributed by atoms with van der Waals surface area (Å²) in [5.41, 5.74) is 2.18. The molecule has 0 radical (unpaired) electrons. The lowest BCUT2D eigenvalue weighted by Crippen LogP contribution is -3.04. The Labute approximate surface area is 129 Å². The maximum absolute atomic E-state index is 11.9. The molecule has 0 spiro atoms. The molecule has 4 aliphatic rings. The number of carbonyl (C=O) groups excluding carboxylic acids is 1. The Hall–Kier alpha value is -1.66. The lowest BCUT2D eigenvalue weighted by Gasteiger charge is -2.33. The molecule has 1 N–H and O–H groups in total. The van der Waals surface area contributed by atoms with Crippen LogP contribution in [-0.2, 0) is 4.74 Å². The second-order valence-corrected chi connectivity index (χ2v) is 5.69. The number of carbonyl (C=O) groups is 1. The molecular formula is C14H17ClN4O2. The molecule has 0 bridgehead atoms. The number of allylic oxidation sites excluding steroid dienone is 1. The van der Waals surface area contributed by atoms with Crippen molar-refractivity contribution < 1.29 is 26.8 Å². The van der Waals surface area contributed by atoms with Crippen molar-refractivity contribution in [2.45, 2.75) is 31.9 Å². The zero-order valence-electron chi connectivity index (χ0n) is 11.7. The molecule has 6 nitrogen and oxygen atoms in total. The van der Waals surface area contributed by atoms with E-state index in [9.17, 15) is 4.79 Å². The van der Waals surface area contributed by atoms with E-state index in [0.717, 1.165) is 29.1 Å². The number of quaternary nitrogens is 1. The number of rotatable bonds is 1. The lowest BCUT2D eigenvalue weighted by molar-refractivity contribution is -0.682. The predicted molar refractivity (Wildman–Crippen MR) is 73.3 cm³/mol. The van der Waals surface area contributed by atoms with Gasteiger partial charge in [0.05, 0.1) is 18.5 Å². The van der Waals surface area contributed by atoms with Gasteiger partial charge in [0.1, 0.15) is 18.0 Å². The number of amides is 1. The second-order valence-electron chi connectivity index (χ2n) is 5.69. The maximum atomic E-state index is 11.9. The molecule has 4 rings (SSSR count). The highest BCUT2D eigenvalue weighted by Crippen LogP contribution is 2.35. The third-order valence-corrected chi connectivity index (χ3v) is 4.55. The molecule has 4 aliphatic heterocycles. The Morgan fingerprint density at radius 1 is 1.43 bits per heavy atom. The number of nitrogens with zero attached hydrogens (tertiary/aromatic N) is 3. The summed E-state index contributed by atoms with van der Waals surface area (Å²) in [5, 5.41) is 0. The standard InChI is InChI=1S/C14H16N4O2.ClH/c1-9-11-3-2-10(7-18(11)14(19)20-9)13-12-6-15-4-5-17(12)8-16-13;/h4-6,8-11H,2-3,7H2,1H3;1H/t9?,10-,11+;/m1./s1. The minimum absolute atomic E-state index is 0. The number of piperidine rings is 1. The number of fused-ring (bicyclic) bond motifs is 2. The van der Waals surface area contributed by atoms with Crippen LogP contribution in [0.3, 0.4) is 0 Å². The highest BCUT2D eigenvalue weighted by atomic mass is 35.5. The van der Waals surface area contributed by atoms with Crippen LogP contribution in [0.1, 0.15) is 19.8 Å². The average Bonchev–Trinajstić information content (AvgIpc) is 3.01. The van der Waals surface area contributed by atoms with Crippen LogP contribution in [0.25, 0.3) is 0 Å². The molecule has 2 saturated heterocycles. The molecule has 1 amide bonds. The Morgan fingerprint density at radius 3 is 3.14 bits per heavy atom. The van der Waals surface area contributed by atoms with E-state index in [1.165, 1.54) is 0 Å². The molecule has 7 heteroatoms. The Bertz CT molecular complexity index is 584. The van der Waals surface area contributed by atoms with Crippen molar-refractivity contribution in [3.8, 4) is 0 Å². The van der Waals surface area contributed by atoms with Gasteiger partial charge in [-0.3, -0.25) is 4.99 Å². The second kappa shape index (κ2) is 5.27. The van der Waals surface area contributed by atoms with Crippen LogP contribution in [0.4, 0.5) is 4.79 Å². The SMILES string of the molecule is CC1OC(=O)N2C[C@H](C3=C4C=NC=C[NH+]4C=N3)CC[C@@H]12.[Cl-]. The van der Waals surface area contributed by atoms with Crippen molar-refractivity contribution in [3.05, 3.63) is 23.8 Å². The van der Waals surface area contributed by atoms with Gasteiger partial charge in [0.15, 0.2) is 12.0 Å². The lowest BCUT2D eigenvalue weighted by atomic mass is 9.88. The number of nitrogens with one attached hydrogen (secondary N) is 1. The molecule has 4 heterocycles. The molecule has 0 saturated carbocycles. The van der Waals surface area contributed by atoms with Crippen LogP contribution < -0.4 is 17.3 Å². The van der Waals surface area contributed by atoms with Crippen molar-refractivity contribution in [3.63, 3.8) is 0 Å². The Morgan fingerprint density at radius 2 is 2.29 bits per heavy atom. The summed E-state index contributed by atoms with van der Waals surface area (Å²) in [6.07, 6.45) is 9.37. The van der Waals surface area contributed by atoms with Gasteiger partial charge >= 0.3 is 6.09 Å². The van der Waals surface area contributed by atoms with Crippen molar-refractivity contribution in [2.75, 3.05) is 6.54 Å². The zero-order valence-corrected chi connectivity index (χ0v) is 12.5. The van der Waals surface area contributed by atoms with Crippen LogP contribution in [0, 0.1) is 5.92 Å². The van der Waals surface area contributed by atoms with Crippen molar-refractivity contribution in [1.82, 2.24) is 4.90 Å². The first kappa shape index (κ1) is 14.3. The van der Waals surface area contributed by atoms with Crippen LogP contribution in [0.2, 0.25) is 0 Å². The first-order chi connectivity index (χ1) is 9.74. The van der Waals surface area contributed by atoms with Gasteiger partial charge in [0.2, 0.25) is 0 Å². The molecule has 21 heavy (non-hydrogen) atoms. The van der Waals surface area contributed by atoms with E-state index in [-0.39, 0.29) is 36.6 Å². The normalized spacial score (nSPS) is 36.4. The third-order valence-electron chi connectivity index (χ3n) is 4.55. The zero-order chi connectivity index (χ0) is 13.7. The molecule has 2 unspecified atom stereocenters. The molecule has 0 aromatic heterocycles. The van der Waals surface area contributed by atoms with Crippen LogP contribution >= 0.6 is 0 Å². The molecule has 0 aromatic carbocycles. The summed E-state index contributed by atoms with van der Waals surface area (Å²) in [6.45, 7) is 2.68. The first-order valence-corrected chi connectivity index (χ1v) is 7.06. The van der Waals surface area contributed by atoms with Crippen LogP contribution in [0.5, 0.6) is 0 Å². The highest BCUT2D eigenvalue weighted by molar-refractivity contribution is 5.82. The fourth-order valence-corrected chi connectivity index (χ4v) is 3.48. The van der Waals surface area contributed by atoms with E-state index in [4.69, 9.17) is 4.74 Å². The average molecular weight is 309 g/mol. The van der Waals surface area contributed by atoms with Gasteiger partial charge in [0.25, 0.3) is 0 Å². The first-order valence-electron chi connectivity index (χ1n) is 7.06. The minimum Gasteiger partial charge on any atom is -1.00 e. The van der Waals surface area contributed by atoms with E-state index in [1.54, 1.807) is 6.20 Å². The maximum Gasteiger partial charge on any atom is 0.410 e. The van der Waals surface area contributed by atoms with E-state index < -0.39 is 0 Å². The quantitative estimate of drug-likeness (QED) is 0.573. The fraction of sp³-hybridized carbons (Fsp3) is 0.500. The van der Waals surface area contributed by atoms with Gasteiger partial charge in [0, 0.05) is 12.5 Å². The molecule has 4 atom stereocenters. The van der Waals surface area contributed by atoms with Gasteiger partial charge in [-0.2, -0.15) is 0 Å². The van der Waals surface area contributed by atoms with Gasteiger partial charge in [-0.05, 0) is 19.8 Å². The predicted octanol–water partition coefficient (Wildman–Crippen LogP) is -2.70. The highest BCUT2D eigenvalue weighted by Gasteiger charge is 2.45. The van der Waals surface area contributed by atoms with Gasteiger partial charge in [-0.15, -0.1) is 0 Å². The van der Waals surface area contributed by atoms with Crippen LogP contribution in [0.15, 0.2) is 33.8 Å². The molecule has 2 fully saturated rings. The number of hydrogen-bond donors (Lipinski definition) is 1. The van der Waals surface area contributed by atoms with Gasteiger partial charge < -0.3 is 22.0 Å². The summed E-state index contributed by atoms with van der Waals surface area (Å²) >= 11 is 0. The summed E-state index contributed by atoms with van der Waals surface area (Å²) in [5.74, 6) is 0.283. The third kappa shape index (κ3) is 2.18. The summed E-state index contributed by atoms with van der Waals surface area (Å²) in [4.78, 5) is 23.6. The molecule has 0 aliphatic carbocycles. The van der Waals surface area contributed by atoms with Crippen LogP contribution in [-0.4, -0.2) is 42.2 Å². The van der Waals surface area contributed by atoms with E-state index in [0.29, 0.717) is 6.54 Å².